The van der Waals surface area contributed by atoms with Crippen LogP contribution in [0.4, 0.5) is 11.4 Å². The lowest BCUT2D eigenvalue weighted by atomic mass is 10.3. The lowest BCUT2D eigenvalue weighted by molar-refractivity contribution is -0.490. The Morgan fingerprint density at radius 2 is 1.60 bits per heavy atom. The molecule has 1 heterocycles. The summed E-state index contributed by atoms with van der Waals surface area (Å²) in [5.74, 6) is 0. The summed E-state index contributed by atoms with van der Waals surface area (Å²) >= 11 is 1.63. The van der Waals surface area contributed by atoms with E-state index in [1.54, 1.807) is 11.9 Å². The summed E-state index contributed by atoms with van der Waals surface area (Å²) in [5.41, 5.74) is 2.21. The third-order valence-corrected chi connectivity index (χ3v) is 3.77. The molecule has 0 aliphatic carbocycles. The maximum absolute atomic E-state index is 4.62. The number of benzene rings is 2. The Morgan fingerprint density at radius 3 is 2.25 bits per heavy atom. The Balaban J connectivity index is 0.00000147. The molecule has 0 bridgehead atoms. The first-order valence-corrected chi connectivity index (χ1v) is 6.94. The van der Waals surface area contributed by atoms with E-state index < -0.39 is 0 Å². The summed E-state index contributed by atoms with van der Waals surface area (Å²) < 4.78 is 0. The second kappa shape index (κ2) is 6.96. The van der Waals surface area contributed by atoms with Gasteiger partial charge in [0, 0.05) is 12.7 Å². The van der Waals surface area contributed by atoms with Gasteiger partial charge in [-0.1, -0.05) is 46.6 Å². The molecule has 0 saturated heterocycles. The Morgan fingerprint density at radius 1 is 1.00 bits per heavy atom. The van der Waals surface area contributed by atoms with Crippen LogP contribution in [0.15, 0.2) is 65.8 Å². The Labute approximate surface area is 140 Å². The van der Waals surface area contributed by atoms with Crippen LogP contribution in [0.5, 0.6) is 0 Å². The van der Waals surface area contributed by atoms with Crippen molar-refractivity contribution in [1.29, 1.82) is 0 Å². The van der Waals surface area contributed by atoms with Gasteiger partial charge in [-0.2, -0.15) is 4.83 Å². The SMILES string of the molecule is CN(C1=NN(c2ccccc2)[NH2+]S1)c1ccccc1.[I-]. The van der Waals surface area contributed by atoms with Crippen LogP contribution in [0.3, 0.4) is 0 Å². The number of para-hydroxylation sites is 2. The molecule has 4 nitrogen and oxygen atoms in total. The number of amidine groups is 1. The minimum absolute atomic E-state index is 0. The van der Waals surface area contributed by atoms with Gasteiger partial charge in [0.15, 0.2) is 11.9 Å². The molecule has 2 N–H and O–H groups in total. The molecule has 1 aliphatic rings. The number of hydrogen-bond donors (Lipinski definition) is 1. The van der Waals surface area contributed by atoms with E-state index in [2.05, 4.69) is 22.1 Å². The van der Waals surface area contributed by atoms with Crippen LogP contribution in [0, 0.1) is 0 Å². The fraction of sp³-hybridized carbons (Fsp3) is 0.0714. The number of nitrogens with zero attached hydrogens (tertiary/aromatic N) is 3. The molecule has 104 valence electrons. The molecule has 0 atom stereocenters. The molecule has 0 unspecified atom stereocenters. The van der Waals surface area contributed by atoms with Crippen LogP contribution in [0.2, 0.25) is 0 Å². The minimum atomic E-state index is 0. The molecule has 0 fully saturated rings. The van der Waals surface area contributed by atoms with E-state index in [9.17, 15) is 0 Å². The molecular weight excluding hydrogens is 383 g/mol. The monoisotopic (exact) mass is 398 g/mol. The van der Waals surface area contributed by atoms with E-state index in [4.69, 9.17) is 0 Å². The van der Waals surface area contributed by atoms with Gasteiger partial charge in [0.05, 0.1) is 0 Å². The summed E-state index contributed by atoms with van der Waals surface area (Å²) in [6.45, 7) is 0. The first kappa shape index (κ1) is 15.1. The maximum atomic E-state index is 4.62. The van der Waals surface area contributed by atoms with Crippen molar-refractivity contribution < 1.29 is 28.8 Å². The quantitative estimate of drug-likeness (QED) is 0.403. The lowest BCUT2D eigenvalue weighted by Gasteiger charge is -2.14. The highest BCUT2D eigenvalue weighted by Crippen LogP contribution is 2.19. The maximum Gasteiger partial charge on any atom is 0.253 e. The first-order valence-electron chi connectivity index (χ1n) is 6.06. The van der Waals surface area contributed by atoms with Gasteiger partial charge in [-0.3, -0.25) is 0 Å². The molecule has 0 aromatic heterocycles. The van der Waals surface area contributed by atoms with E-state index in [1.165, 1.54) is 0 Å². The zero-order valence-corrected chi connectivity index (χ0v) is 14.0. The normalized spacial score (nSPS) is 13.7. The van der Waals surface area contributed by atoms with Gasteiger partial charge in [-0.25, -0.2) is 0 Å². The Kier molecular flexibility index (Phi) is 5.27. The van der Waals surface area contributed by atoms with Crippen LogP contribution in [0.1, 0.15) is 0 Å². The zero-order valence-electron chi connectivity index (χ0n) is 11.0. The second-order valence-electron chi connectivity index (χ2n) is 4.18. The van der Waals surface area contributed by atoms with Crippen molar-refractivity contribution in [2.45, 2.75) is 0 Å². The van der Waals surface area contributed by atoms with Crippen molar-refractivity contribution in [2.24, 2.45) is 5.10 Å². The van der Waals surface area contributed by atoms with Crippen molar-refractivity contribution in [1.82, 2.24) is 0 Å². The number of anilines is 2. The summed E-state index contributed by atoms with van der Waals surface area (Å²) in [7, 11) is 2.03. The Hall–Kier alpha value is -1.25. The highest BCUT2D eigenvalue weighted by molar-refractivity contribution is 8.08. The number of hydrazone groups is 1. The first-order chi connectivity index (χ1) is 9.34. The number of quaternary nitrogens is 1. The molecule has 0 saturated carbocycles. The average molecular weight is 398 g/mol. The van der Waals surface area contributed by atoms with Crippen LogP contribution in [-0.4, -0.2) is 12.2 Å². The zero-order chi connectivity index (χ0) is 13.1. The van der Waals surface area contributed by atoms with Crippen LogP contribution < -0.4 is 38.8 Å². The number of hydrogen-bond acceptors (Lipinski definition) is 4. The van der Waals surface area contributed by atoms with E-state index >= 15 is 0 Å². The molecule has 3 rings (SSSR count). The third-order valence-electron chi connectivity index (χ3n) is 2.90. The van der Waals surface area contributed by atoms with Gasteiger partial charge >= 0.3 is 0 Å². The Bertz CT molecular complexity index is 576. The smallest absolute Gasteiger partial charge is 0.253 e. The molecule has 0 radical (unpaired) electrons. The fourth-order valence-electron chi connectivity index (χ4n) is 1.84. The van der Waals surface area contributed by atoms with Crippen molar-refractivity contribution in [3.8, 4) is 0 Å². The van der Waals surface area contributed by atoms with E-state index in [1.807, 2.05) is 65.5 Å². The van der Waals surface area contributed by atoms with Gasteiger partial charge in [-0.05, 0) is 24.3 Å². The van der Waals surface area contributed by atoms with E-state index in [0.717, 1.165) is 16.5 Å². The molecule has 0 amide bonds. The molecule has 1 aliphatic heterocycles. The van der Waals surface area contributed by atoms with Crippen LogP contribution in [0.25, 0.3) is 0 Å². The van der Waals surface area contributed by atoms with Gasteiger partial charge in [-0.15, -0.1) is 0 Å². The number of nitrogens with two attached hydrogens (primary N) is 1. The summed E-state index contributed by atoms with van der Waals surface area (Å²) in [5, 5.41) is 7.49. The standard InChI is InChI=1S/C14H14N4S.HI/c1-17(12-8-4-2-5-9-12)14-15-18(16-19-14)13-10-6-3-7-11-13;/h2-11,16H,1H3;1H. The van der Waals surface area contributed by atoms with Gasteiger partial charge in [0.25, 0.3) is 5.17 Å². The highest BCUT2D eigenvalue weighted by Gasteiger charge is 2.25. The predicted octanol–water partition coefficient (Wildman–Crippen LogP) is -0.955. The average Bonchev–Trinajstić information content (AvgIpc) is 2.98. The van der Waals surface area contributed by atoms with Crippen LogP contribution >= 0.6 is 11.9 Å². The lowest BCUT2D eigenvalue weighted by Crippen LogP contribution is -3.00. The van der Waals surface area contributed by atoms with Gasteiger partial charge in [0.2, 0.25) is 0 Å². The van der Waals surface area contributed by atoms with E-state index in [-0.39, 0.29) is 24.0 Å². The summed E-state index contributed by atoms with van der Waals surface area (Å²) in [6.07, 6.45) is 0. The largest absolute Gasteiger partial charge is 1.00 e. The molecular formula is C14H15IN4S. The predicted molar refractivity (Wildman–Crippen MR) is 80.7 cm³/mol. The van der Waals surface area contributed by atoms with Gasteiger partial charge < -0.3 is 28.9 Å². The number of rotatable bonds is 2. The second-order valence-corrected chi connectivity index (χ2v) is 4.99. The van der Waals surface area contributed by atoms with Gasteiger partial charge in [0.1, 0.15) is 5.69 Å². The molecule has 0 spiro atoms. The third kappa shape index (κ3) is 3.25. The van der Waals surface area contributed by atoms with Crippen molar-refractivity contribution in [2.75, 3.05) is 17.1 Å². The summed E-state index contributed by atoms with van der Waals surface area (Å²) in [4.78, 5) is 4.11. The molecule has 2 aromatic carbocycles. The fourth-order valence-corrected chi connectivity index (χ4v) is 2.61. The van der Waals surface area contributed by atoms with Crippen molar-refractivity contribution in [3.05, 3.63) is 60.7 Å². The van der Waals surface area contributed by atoms with Crippen molar-refractivity contribution in [3.63, 3.8) is 0 Å². The topological polar surface area (TPSA) is 35.5 Å². The number of halogens is 1. The molecule has 20 heavy (non-hydrogen) atoms. The minimum Gasteiger partial charge on any atom is -1.00 e. The molecule has 2 aromatic rings. The van der Waals surface area contributed by atoms with E-state index in [0.29, 0.717) is 0 Å². The molecule has 6 heteroatoms. The highest BCUT2D eigenvalue weighted by atomic mass is 127. The van der Waals surface area contributed by atoms with Crippen LogP contribution in [-0.2, 0) is 0 Å². The summed E-state index contributed by atoms with van der Waals surface area (Å²) in [6, 6.07) is 20.4. The van der Waals surface area contributed by atoms with Crippen molar-refractivity contribution >= 4 is 28.5 Å².